The molecule has 10 nitrogen and oxygen atoms in total. The number of hydrogen-bond donors (Lipinski definition) is 3. The minimum atomic E-state index is -1.17. The van der Waals surface area contributed by atoms with E-state index in [2.05, 4.69) is 10.4 Å². The van der Waals surface area contributed by atoms with E-state index in [-0.39, 0.29) is 36.7 Å². The first-order valence-electron chi connectivity index (χ1n) is 8.06. The maximum atomic E-state index is 12.5. The largest absolute Gasteiger partial charge is 0.476 e. The van der Waals surface area contributed by atoms with Gasteiger partial charge in [0.15, 0.2) is 5.69 Å². The number of carbonyl (C=O) groups excluding carboxylic acids is 2. The summed E-state index contributed by atoms with van der Waals surface area (Å²) in [5.41, 5.74) is 1.10. The number of aliphatic hydroxyl groups excluding tert-OH is 1. The van der Waals surface area contributed by atoms with Gasteiger partial charge >= 0.3 is 11.9 Å². The number of rotatable bonds is 6. The van der Waals surface area contributed by atoms with Crippen LogP contribution in [0.2, 0.25) is 0 Å². The number of methoxy groups -OCH3 is 1. The molecule has 1 aromatic heterocycles. The number of benzene rings is 1. The molecule has 0 fully saturated rings. The van der Waals surface area contributed by atoms with Crippen LogP contribution in [0.15, 0.2) is 29.5 Å². The Morgan fingerprint density at radius 2 is 2.11 bits per heavy atom. The molecule has 142 valence electrons. The summed E-state index contributed by atoms with van der Waals surface area (Å²) in [6, 6.07) is 4.87. The Balaban J connectivity index is 2.01. The number of aromatic nitrogens is 2. The third-order valence-electron chi connectivity index (χ3n) is 4.28. The minimum absolute atomic E-state index is 0.0178. The van der Waals surface area contributed by atoms with Gasteiger partial charge in [-0.2, -0.15) is 5.10 Å². The van der Waals surface area contributed by atoms with Crippen LogP contribution in [-0.4, -0.2) is 69.5 Å². The summed E-state index contributed by atoms with van der Waals surface area (Å²) in [6.45, 7) is -0.143. The lowest BCUT2D eigenvalue weighted by Gasteiger charge is -2.15. The molecule has 3 N–H and O–H groups in total. The second-order valence-corrected chi connectivity index (χ2v) is 5.93. The molecule has 1 aromatic carbocycles. The summed E-state index contributed by atoms with van der Waals surface area (Å²) < 4.78 is 6.18. The molecule has 2 aromatic rings. The third-order valence-corrected chi connectivity index (χ3v) is 4.28. The van der Waals surface area contributed by atoms with Crippen LogP contribution >= 0.6 is 0 Å². The number of aryl methyl sites for hydroxylation is 1. The Labute approximate surface area is 153 Å². The fourth-order valence-electron chi connectivity index (χ4n) is 2.99. The van der Waals surface area contributed by atoms with Crippen molar-refractivity contribution in [1.29, 1.82) is 0 Å². The van der Waals surface area contributed by atoms with Crippen LogP contribution in [-0.2, 0) is 21.4 Å². The molecule has 10 heteroatoms. The first kappa shape index (κ1) is 18.4. The van der Waals surface area contributed by atoms with Crippen LogP contribution in [0, 0.1) is 0 Å². The number of carboxylic acid groups (broad SMARTS) is 1. The third kappa shape index (κ3) is 3.22. The topological polar surface area (TPSA) is 134 Å². The number of nitrogens with one attached hydrogen (secondary N) is 1. The van der Waals surface area contributed by atoms with Crippen molar-refractivity contribution < 1.29 is 29.3 Å². The molecule has 2 heterocycles. The van der Waals surface area contributed by atoms with E-state index in [1.807, 2.05) is 0 Å². The van der Waals surface area contributed by atoms with Crippen molar-refractivity contribution >= 4 is 34.4 Å². The highest BCUT2D eigenvalue weighted by molar-refractivity contribution is 6.09. The van der Waals surface area contributed by atoms with Gasteiger partial charge in [-0.15, -0.1) is 0 Å². The van der Waals surface area contributed by atoms with Gasteiger partial charge in [-0.3, -0.25) is 9.48 Å². The van der Waals surface area contributed by atoms with E-state index in [1.165, 1.54) is 16.7 Å². The van der Waals surface area contributed by atoms with Crippen LogP contribution in [0.3, 0.4) is 0 Å². The van der Waals surface area contributed by atoms with Gasteiger partial charge in [0, 0.05) is 24.7 Å². The van der Waals surface area contributed by atoms with Gasteiger partial charge < -0.3 is 25.2 Å². The van der Waals surface area contributed by atoms with Gasteiger partial charge in [0.25, 0.3) is 5.91 Å². The lowest BCUT2D eigenvalue weighted by atomic mass is 10.1. The number of carbonyl (C=O) groups is 3. The molecule has 27 heavy (non-hydrogen) atoms. The number of esters is 1. The monoisotopic (exact) mass is 374 g/mol. The molecule has 0 radical (unpaired) electrons. The van der Waals surface area contributed by atoms with Gasteiger partial charge in [-0.25, -0.2) is 9.59 Å². The fraction of sp³-hybridized carbons (Fsp3) is 0.294. The number of nitrogens with zero attached hydrogens (tertiary/aromatic N) is 3. The van der Waals surface area contributed by atoms with E-state index < -0.39 is 17.8 Å². The number of hydrogen-bond acceptors (Lipinski definition) is 7. The summed E-state index contributed by atoms with van der Waals surface area (Å²) in [6.07, 6.45) is 0. The normalized spacial score (nSPS) is 14.2. The fourth-order valence-corrected chi connectivity index (χ4v) is 2.99. The van der Waals surface area contributed by atoms with Crippen LogP contribution in [0.25, 0.3) is 10.9 Å². The molecular formula is C17H18N4O6. The van der Waals surface area contributed by atoms with Crippen molar-refractivity contribution in [1.82, 2.24) is 14.7 Å². The van der Waals surface area contributed by atoms with Crippen LogP contribution < -0.4 is 5.32 Å². The molecule has 0 atom stereocenters. The highest BCUT2D eigenvalue weighted by Gasteiger charge is 2.34. The maximum absolute atomic E-state index is 12.5. The molecule has 0 unspecified atom stereocenters. The van der Waals surface area contributed by atoms with Crippen molar-refractivity contribution in [3.63, 3.8) is 0 Å². The molecule has 0 bridgehead atoms. The predicted molar refractivity (Wildman–Crippen MR) is 94.0 cm³/mol. The van der Waals surface area contributed by atoms with Crippen LogP contribution in [0.4, 0.5) is 5.69 Å². The first-order chi connectivity index (χ1) is 12.9. The van der Waals surface area contributed by atoms with Gasteiger partial charge in [0.1, 0.15) is 5.70 Å². The molecule has 0 aliphatic carbocycles. The average Bonchev–Trinajstić information content (AvgIpc) is 3.13. The molecular weight excluding hydrogens is 356 g/mol. The van der Waals surface area contributed by atoms with Crippen molar-refractivity contribution in [3.05, 3.63) is 35.2 Å². The van der Waals surface area contributed by atoms with E-state index in [0.717, 1.165) is 0 Å². The van der Waals surface area contributed by atoms with Crippen LogP contribution in [0.5, 0.6) is 0 Å². The van der Waals surface area contributed by atoms with Crippen molar-refractivity contribution in [2.75, 3.05) is 32.1 Å². The highest BCUT2D eigenvalue weighted by atomic mass is 16.5. The SMILES string of the molecule is COC(=O)C1=C(Nc2ccc3c(c2)c(C(=O)O)nn3C)C(=O)N(CCO)C1. The Kier molecular flexibility index (Phi) is 4.82. The summed E-state index contributed by atoms with van der Waals surface area (Å²) in [7, 11) is 2.85. The summed E-state index contributed by atoms with van der Waals surface area (Å²) >= 11 is 0. The first-order valence-corrected chi connectivity index (χ1v) is 8.06. The second kappa shape index (κ2) is 7.08. The van der Waals surface area contributed by atoms with Crippen molar-refractivity contribution in [2.45, 2.75) is 0 Å². The molecule has 0 spiro atoms. The lowest BCUT2D eigenvalue weighted by Crippen LogP contribution is -2.31. The lowest BCUT2D eigenvalue weighted by molar-refractivity contribution is -0.136. The summed E-state index contributed by atoms with van der Waals surface area (Å²) in [5.74, 6) is -2.27. The minimum Gasteiger partial charge on any atom is -0.476 e. The summed E-state index contributed by atoms with van der Waals surface area (Å²) in [5, 5.41) is 25.6. The van der Waals surface area contributed by atoms with Gasteiger partial charge in [-0.05, 0) is 18.2 Å². The predicted octanol–water partition coefficient (Wildman–Crippen LogP) is -0.0550. The zero-order chi connectivity index (χ0) is 19.7. The molecule has 1 aliphatic rings. The Hall–Kier alpha value is -3.40. The molecule has 3 rings (SSSR count). The quantitative estimate of drug-likeness (QED) is 0.599. The summed E-state index contributed by atoms with van der Waals surface area (Å²) in [4.78, 5) is 37.3. The van der Waals surface area contributed by atoms with E-state index >= 15 is 0 Å². The molecule has 1 amide bonds. The number of ether oxygens (including phenoxy) is 1. The van der Waals surface area contributed by atoms with Gasteiger partial charge in [0.05, 0.1) is 31.4 Å². The van der Waals surface area contributed by atoms with Gasteiger partial charge in [0.2, 0.25) is 0 Å². The van der Waals surface area contributed by atoms with E-state index in [9.17, 15) is 19.5 Å². The molecule has 1 aliphatic heterocycles. The van der Waals surface area contributed by atoms with E-state index in [1.54, 1.807) is 25.2 Å². The number of carboxylic acids is 1. The molecule has 0 saturated carbocycles. The molecule has 0 saturated heterocycles. The van der Waals surface area contributed by atoms with Crippen LogP contribution in [0.1, 0.15) is 10.5 Å². The van der Waals surface area contributed by atoms with E-state index in [0.29, 0.717) is 16.6 Å². The maximum Gasteiger partial charge on any atom is 0.357 e. The zero-order valence-corrected chi connectivity index (χ0v) is 14.7. The smallest absolute Gasteiger partial charge is 0.357 e. The number of aromatic carboxylic acids is 1. The highest BCUT2D eigenvalue weighted by Crippen LogP contribution is 2.26. The standard InChI is InChI=1S/C17H18N4O6/c1-20-12-4-3-9(7-10(12)14(19-20)16(24)25)18-13-11(17(26)27-2)8-21(5-6-22)15(13)23/h3-4,7,18,22H,5-6,8H2,1-2H3,(H,24,25). The van der Waals surface area contributed by atoms with Crippen molar-refractivity contribution in [3.8, 4) is 0 Å². The Morgan fingerprint density at radius 1 is 1.37 bits per heavy atom. The average molecular weight is 374 g/mol. The number of anilines is 1. The number of amides is 1. The van der Waals surface area contributed by atoms with Gasteiger partial charge in [-0.1, -0.05) is 0 Å². The second-order valence-electron chi connectivity index (χ2n) is 5.93. The Bertz CT molecular complexity index is 977. The Morgan fingerprint density at radius 3 is 2.74 bits per heavy atom. The zero-order valence-electron chi connectivity index (χ0n) is 14.7. The number of β-amino-alcohol motifs (C(OH)–C–C–N with tert-alkyl or cyclic N) is 1. The number of fused-ring (bicyclic) bond motifs is 1. The number of aliphatic hydroxyl groups is 1. The van der Waals surface area contributed by atoms with E-state index in [4.69, 9.17) is 9.84 Å². The van der Waals surface area contributed by atoms with Crippen molar-refractivity contribution in [2.24, 2.45) is 7.05 Å².